The zero-order valence-corrected chi connectivity index (χ0v) is 18.0. The molecule has 0 spiro atoms. The largest absolute Gasteiger partial charge is 0.508 e. The van der Waals surface area contributed by atoms with E-state index in [4.69, 9.17) is 11.6 Å². The topological polar surface area (TPSA) is 83.0 Å². The number of phenolic OH excluding ortho intramolecular Hbond substituents is 1. The molecule has 8 heteroatoms. The predicted molar refractivity (Wildman–Crippen MR) is 125 cm³/mol. The molecule has 30 heavy (non-hydrogen) atoms. The van der Waals surface area contributed by atoms with E-state index in [2.05, 4.69) is 25.0 Å². The van der Waals surface area contributed by atoms with Gasteiger partial charge in [-0.25, -0.2) is 15.0 Å². The van der Waals surface area contributed by atoms with Crippen LogP contribution in [0, 0.1) is 0 Å². The third kappa shape index (κ3) is 4.27. The summed E-state index contributed by atoms with van der Waals surface area (Å²) >= 11 is 7.64. The maximum absolute atomic E-state index is 9.77. The highest BCUT2D eigenvalue weighted by Gasteiger charge is 2.12. The van der Waals surface area contributed by atoms with E-state index in [0.29, 0.717) is 5.15 Å². The molecule has 0 aliphatic carbocycles. The minimum Gasteiger partial charge on any atom is -0.508 e. The first-order chi connectivity index (χ1) is 14.5. The molecule has 6 nitrogen and oxygen atoms in total. The highest BCUT2D eigenvalue weighted by molar-refractivity contribution is 7.99. The van der Waals surface area contributed by atoms with Gasteiger partial charge in [0.15, 0.2) is 5.15 Å². The summed E-state index contributed by atoms with van der Waals surface area (Å²) in [5.41, 5.74) is 4.49. The zero-order valence-electron chi connectivity index (χ0n) is 16.4. The second-order valence-electron chi connectivity index (χ2n) is 6.78. The van der Waals surface area contributed by atoms with Gasteiger partial charge in [0.05, 0.1) is 17.2 Å². The number of fused-ring (bicyclic) bond motifs is 1. The minimum absolute atomic E-state index is 0.0477. The monoisotopic (exact) mass is 437 g/mol. The van der Waals surface area contributed by atoms with Crippen molar-refractivity contribution in [1.82, 2.24) is 15.0 Å². The Hall–Kier alpha value is -3.03. The highest BCUT2D eigenvalue weighted by Crippen LogP contribution is 2.32. The molecule has 152 valence electrons. The third-order valence-electron chi connectivity index (χ3n) is 4.74. The summed E-state index contributed by atoms with van der Waals surface area (Å²) in [4.78, 5) is 13.1. The van der Waals surface area contributed by atoms with Gasteiger partial charge in [-0.3, -0.25) is 0 Å². The summed E-state index contributed by atoms with van der Waals surface area (Å²) in [6.07, 6.45) is 5.23. The van der Waals surface area contributed by atoms with Gasteiger partial charge in [0.1, 0.15) is 17.9 Å². The summed E-state index contributed by atoms with van der Waals surface area (Å²) in [6.45, 7) is 2.02. The van der Waals surface area contributed by atoms with Crippen LogP contribution in [0.1, 0.15) is 18.5 Å². The lowest BCUT2D eigenvalue weighted by molar-refractivity contribution is 0.474. The number of nitrogens with one attached hydrogen (secondary N) is 2. The normalized spacial score (nSPS) is 12.0. The second-order valence-corrected chi connectivity index (χ2v) is 7.75. The number of anilines is 2. The van der Waals surface area contributed by atoms with Gasteiger partial charge in [0.2, 0.25) is 0 Å². The fraction of sp³-hybridized carbons (Fsp3) is 0.136. The highest BCUT2D eigenvalue weighted by atomic mass is 35.5. The van der Waals surface area contributed by atoms with Gasteiger partial charge in [0, 0.05) is 23.4 Å². The molecular formula is C22H20ClN5OS. The van der Waals surface area contributed by atoms with Crippen molar-refractivity contribution < 1.29 is 5.11 Å². The van der Waals surface area contributed by atoms with Crippen LogP contribution in [0.25, 0.3) is 22.0 Å². The number of nitrogens with zero attached hydrogens (tertiary/aromatic N) is 3. The second kappa shape index (κ2) is 8.77. The number of aromatic hydroxyl groups is 1. The van der Waals surface area contributed by atoms with Gasteiger partial charge in [-0.05, 0) is 48.4 Å². The van der Waals surface area contributed by atoms with E-state index in [1.165, 1.54) is 11.9 Å². The summed E-state index contributed by atoms with van der Waals surface area (Å²) in [5, 5.41) is 14.5. The van der Waals surface area contributed by atoms with Crippen molar-refractivity contribution in [2.75, 3.05) is 16.3 Å². The fourth-order valence-corrected chi connectivity index (χ4v) is 3.80. The molecule has 0 aliphatic rings. The van der Waals surface area contributed by atoms with Gasteiger partial charge in [-0.1, -0.05) is 41.7 Å². The summed E-state index contributed by atoms with van der Waals surface area (Å²) in [6, 6.07) is 15.1. The predicted octanol–water partition coefficient (Wildman–Crippen LogP) is 5.91. The van der Waals surface area contributed by atoms with Crippen LogP contribution >= 0.6 is 23.5 Å². The number of aromatic nitrogens is 3. The maximum atomic E-state index is 9.77. The lowest BCUT2D eigenvalue weighted by atomic mass is 10.0. The van der Waals surface area contributed by atoms with Crippen LogP contribution in [-0.2, 0) is 0 Å². The Morgan fingerprint density at radius 3 is 2.70 bits per heavy atom. The molecule has 1 unspecified atom stereocenters. The molecule has 0 saturated heterocycles. The average molecular weight is 438 g/mol. The maximum Gasteiger partial charge on any atom is 0.152 e. The van der Waals surface area contributed by atoms with E-state index in [1.54, 1.807) is 24.7 Å². The molecule has 0 amide bonds. The van der Waals surface area contributed by atoms with Crippen LogP contribution < -0.4 is 10.0 Å². The number of phenols is 1. The van der Waals surface area contributed by atoms with Crippen molar-refractivity contribution in [2.24, 2.45) is 0 Å². The molecule has 4 aromatic rings. The van der Waals surface area contributed by atoms with Crippen molar-refractivity contribution >= 4 is 46.0 Å². The third-order valence-corrected chi connectivity index (χ3v) is 5.47. The van der Waals surface area contributed by atoms with Crippen LogP contribution in [0.15, 0.2) is 61.1 Å². The molecule has 1 atom stereocenters. The summed E-state index contributed by atoms with van der Waals surface area (Å²) < 4.78 is 3.15. The Morgan fingerprint density at radius 1 is 1.03 bits per heavy atom. The number of rotatable bonds is 6. The van der Waals surface area contributed by atoms with E-state index >= 15 is 0 Å². The quantitative estimate of drug-likeness (QED) is 0.255. The molecule has 2 aromatic carbocycles. The number of pyridine rings is 1. The van der Waals surface area contributed by atoms with E-state index in [0.717, 1.165) is 39.1 Å². The van der Waals surface area contributed by atoms with Gasteiger partial charge in [0.25, 0.3) is 0 Å². The molecule has 0 fully saturated rings. The Labute approximate surface area is 183 Å². The average Bonchev–Trinajstić information content (AvgIpc) is 2.75. The van der Waals surface area contributed by atoms with Crippen LogP contribution in [0.3, 0.4) is 0 Å². The van der Waals surface area contributed by atoms with Crippen molar-refractivity contribution in [3.8, 4) is 16.9 Å². The van der Waals surface area contributed by atoms with E-state index in [1.807, 2.05) is 49.6 Å². The molecule has 4 rings (SSSR count). The number of benzene rings is 2. The van der Waals surface area contributed by atoms with Crippen molar-refractivity contribution in [2.45, 2.75) is 13.0 Å². The van der Waals surface area contributed by atoms with Gasteiger partial charge in [-0.2, -0.15) is 0 Å². The van der Waals surface area contributed by atoms with Crippen molar-refractivity contribution in [3.63, 3.8) is 0 Å². The zero-order chi connectivity index (χ0) is 21.1. The number of halogens is 1. The smallest absolute Gasteiger partial charge is 0.152 e. The molecule has 0 aliphatic heterocycles. The Bertz CT molecular complexity index is 1200. The summed E-state index contributed by atoms with van der Waals surface area (Å²) in [5.74, 6) is 0.961. The van der Waals surface area contributed by atoms with Gasteiger partial charge >= 0.3 is 0 Å². The molecule has 0 saturated carbocycles. The van der Waals surface area contributed by atoms with E-state index in [9.17, 15) is 5.11 Å². The van der Waals surface area contributed by atoms with E-state index < -0.39 is 0 Å². The van der Waals surface area contributed by atoms with Crippen molar-refractivity contribution in [3.05, 3.63) is 71.8 Å². The SMILES string of the molecule is CSNc1cc(-c2ccc3ncnc(NC(C)c4cccc(O)c4)c3c2)cnc1Cl. The molecule has 2 aromatic heterocycles. The van der Waals surface area contributed by atoms with Crippen molar-refractivity contribution in [1.29, 1.82) is 0 Å². The van der Waals surface area contributed by atoms with E-state index in [-0.39, 0.29) is 11.8 Å². The molecule has 3 N–H and O–H groups in total. The van der Waals surface area contributed by atoms with Crippen LogP contribution in [-0.4, -0.2) is 26.3 Å². The van der Waals surface area contributed by atoms with Gasteiger partial charge in [-0.15, -0.1) is 0 Å². The first-order valence-electron chi connectivity index (χ1n) is 9.30. The fourth-order valence-electron chi connectivity index (χ4n) is 3.22. The Kier molecular flexibility index (Phi) is 5.92. The molecule has 2 heterocycles. The lowest BCUT2D eigenvalue weighted by Crippen LogP contribution is -2.08. The van der Waals surface area contributed by atoms with Crippen LogP contribution in [0.4, 0.5) is 11.5 Å². The number of hydrogen-bond acceptors (Lipinski definition) is 7. The van der Waals surface area contributed by atoms with Crippen LogP contribution in [0.2, 0.25) is 5.15 Å². The Morgan fingerprint density at radius 2 is 1.90 bits per heavy atom. The first kappa shape index (κ1) is 20.3. The van der Waals surface area contributed by atoms with Crippen LogP contribution in [0.5, 0.6) is 5.75 Å². The minimum atomic E-state index is -0.0477. The van der Waals surface area contributed by atoms with Gasteiger partial charge < -0.3 is 15.1 Å². The molecule has 0 bridgehead atoms. The standard InChI is InChI=1S/C22H20ClN5OS/c1-13(14-4-3-5-17(29)8-14)27-22-18-9-15(6-7-19(18)25-12-26-22)16-10-20(28-30-2)21(23)24-11-16/h3-13,28-29H,1-2H3,(H,25,26,27). The number of hydrogen-bond donors (Lipinski definition) is 3. The summed E-state index contributed by atoms with van der Waals surface area (Å²) in [7, 11) is 0. The first-order valence-corrected chi connectivity index (χ1v) is 10.9. The molecular weight excluding hydrogens is 418 g/mol. The Balaban J connectivity index is 1.71. The lowest BCUT2D eigenvalue weighted by Gasteiger charge is -2.17. The molecule has 0 radical (unpaired) electrons.